The second-order valence-corrected chi connectivity index (χ2v) is 11.0. The van der Waals surface area contributed by atoms with Crippen molar-refractivity contribution in [2.75, 3.05) is 18.4 Å². The van der Waals surface area contributed by atoms with Gasteiger partial charge in [-0.3, -0.25) is 4.79 Å². The molecule has 3 aliphatic rings. The van der Waals surface area contributed by atoms with Gasteiger partial charge in [0.25, 0.3) is 0 Å². The summed E-state index contributed by atoms with van der Waals surface area (Å²) in [5.74, 6) is 1.20. The van der Waals surface area contributed by atoms with E-state index in [0.29, 0.717) is 30.4 Å². The fourth-order valence-electron chi connectivity index (χ4n) is 6.52. The Morgan fingerprint density at radius 2 is 1.78 bits per heavy atom. The Balaban J connectivity index is 1.16. The SMILES string of the molecule is Cc1cc(O)cc2c1CC(C(=O)NC1CCNc3ccc(CC4Cc5ccc(O)cc5C4)cc31)NCC2. The summed E-state index contributed by atoms with van der Waals surface area (Å²) in [6, 6.07) is 15.7. The first-order chi connectivity index (χ1) is 17.9. The van der Waals surface area contributed by atoms with Crippen LogP contribution >= 0.6 is 0 Å². The van der Waals surface area contributed by atoms with Crippen LogP contribution in [0, 0.1) is 12.8 Å². The summed E-state index contributed by atoms with van der Waals surface area (Å²) in [4.78, 5) is 13.5. The van der Waals surface area contributed by atoms with Crippen molar-refractivity contribution in [2.45, 2.75) is 57.5 Å². The Kier molecular flexibility index (Phi) is 6.29. The molecular formula is C31H35N3O3. The van der Waals surface area contributed by atoms with Gasteiger partial charge in [-0.2, -0.15) is 0 Å². The second kappa shape index (κ2) is 9.75. The van der Waals surface area contributed by atoms with E-state index < -0.39 is 0 Å². The van der Waals surface area contributed by atoms with Crippen molar-refractivity contribution >= 4 is 11.6 Å². The van der Waals surface area contributed by atoms with E-state index in [4.69, 9.17) is 0 Å². The third kappa shape index (κ3) is 4.90. The van der Waals surface area contributed by atoms with E-state index in [1.807, 2.05) is 19.1 Å². The molecule has 6 nitrogen and oxygen atoms in total. The largest absolute Gasteiger partial charge is 0.508 e. The highest BCUT2D eigenvalue weighted by Crippen LogP contribution is 2.35. The molecule has 0 saturated carbocycles. The number of fused-ring (bicyclic) bond motifs is 3. The Hall–Kier alpha value is -3.51. The number of phenolic OH excluding ortho intramolecular Hbond substituents is 2. The zero-order valence-corrected chi connectivity index (χ0v) is 21.3. The van der Waals surface area contributed by atoms with Crippen LogP contribution in [0.4, 0.5) is 5.69 Å². The van der Waals surface area contributed by atoms with Crippen molar-refractivity contribution in [3.8, 4) is 11.5 Å². The van der Waals surface area contributed by atoms with E-state index in [-0.39, 0.29) is 18.0 Å². The first kappa shape index (κ1) is 23.9. The molecule has 3 aromatic rings. The van der Waals surface area contributed by atoms with Crippen LogP contribution in [0.1, 0.15) is 51.4 Å². The van der Waals surface area contributed by atoms with Gasteiger partial charge in [-0.1, -0.05) is 18.2 Å². The van der Waals surface area contributed by atoms with Gasteiger partial charge in [0.2, 0.25) is 5.91 Å². The summed E-state index contributed by atoms with van der Waals surface area (Å²) in [5.41, 5.74) is 9.50. The van der Waals surface area contributed by atoms with Gasteiger partial charge < -0.3 is 26.2 Å². The third-order valence-electron chi connectivity index (χ3n) is 8.35. The first-order valence-electron chi connectivity index (χ1n) is 13.5. The number of aromatic hydroxyl groups is 2. The van der Waals surface area contributed by atoms with Gasteiger partial charge in [-0.15, -0.1) is 0 Å². The summed E-state index contributed by atoms with van der Waals surface area (Å²) in [5, 5.41) is 30.1. The maximum absolute atomic E-state index is 13.5. The summed E-state index contributed by atoms with van der Waals surface area (Å²) < 4.78 is 0. The van der Waals surface area contributed by atoms with Crippen LogP contribution in [-0.2, 0) is 36.9 Å². The number of rotatable bonds is 4. The van der Waals surface area contributed by atoms with Crippen LogP contribution in [0.25, 0.3) is 0 Å². The zero-order chi connectivity index (χ0) is 25.5. The van der Waals surface area contributed by atoms with Gasteiger partial charge in [0, 0.05) is 12.2 Å². The monoisotopic (exact) mass is 497 g/mol. The van der Waals surface area contributed by atoms with Crippen molar-refractivity contribution < 1.29 is 15.0 Å². The molecular weight excluding hydrogens is 462 g/mol. The molecule has 5 N–H and O–H groups in total. The molecule has 0 radical (unpaired) electrons. The average molecular weight is 498 g/mol. The van der Waals surface area contributed by atoms with Crippen molar-refractivity contribution in [3.63, 3.8) is 0 Å². The van der Waals surface area contributed by atoms with Gasteiger partial charge in [-0.05, 0) is 127 Å². The molecule has 1 aliphatic carbocycles. The third-order valence-corrected chi connectivity index (χ3v) is 8.35. The Morgan fingerprint density at radius 1 is 0.946 bits per heavy atom. The number of hydrogen-bond acceptors (Lipinski definition) is 5. The normalized spacial score (nSPS) is 22.2. The average Bonchev–Trinajstić information content (AvgIpc) is 3.12. The molecule has 2 heterocycles. The number of benzene rings is 3. The van der Waals surface area contributed by atoms with Crippen LogP contribution in [-0.4, -0.2) is 35.3 Å². The highest BCUT2D eigenvalue weighted by atomic mass is 16.3. The minimum Gasteiger partial charge on any atom is -0.508 e. The van der Waals surface area contributed by atoms with E-state index in [1.165, 1.54) is 27.8 Å². The number of nitrogens with one attached hydrogen (secondary N) is 3. The lowest BCUT2D eigenvalue weighted by atomic mass is 9.91. The minimum absolute atomic E-state index is 0.0214. The van der Waals surface area contributed by atoms with E-state index in [9.17, 15) is 15.0 Å². The number of amides is 1. The Morgan fingerprint density at radius 3 is 2.68 bits per heavy atom. The fraction of sp³-hybridized carbons (Fsp3) is 0.387. The maximum Gasteiger partial charge on any atom is 0.237 e. The lowest BCUT2D eigenvalue weighted by Gasteiger charge is -2.30. The molecule has 0 bridgehead atoms. The molecule has 6 heteroatoms. The highest BCUT2D eigenvalue weighted by molar-refractivity contribution is 5.83. The standard InChI is InChI=1S/C31H35N3O3/c1-18-10-25(36)15-22-6-8-33-30(17-26(18)22)31(37)34-29-7-9-32-28-5-2-19(14-27(28)29)11-20-12-21-3-4-24(35)16-23(21)13-20/h2-5,10,14-16,20,29-30,32-33,35-36H,6-9,11-13,17H2,1H3,(H,34,37). The van der Waals surface area contributed by atoms with E-state index >= 15 is 0 Å². The molecule has 2 aliphatic heterocycles. The molecule has 37 heavy (non-hydrogen) atoms. The topological polar surface area (TPSA) is 93.6 Å². The zero-order valence-electron chi connectivity index (χ0n) is 21.3. The van der Waals surface area contributed by atoms with Crippen molar-refractivity contribution in [1.82, 2.24) is 10.6 Å². The van der Waals surface area contributed by atoms with Gasteiger partial charge in [-0.25, -0.2) is 0 Å². The van der Waals surface area contributed by atoms with Gasteiger partial charge in [0.1, 0.15) is 11.5 Å². The van der Waals surface area contributed by atoms with E-state index in [1.54, 1.807) is 12.1 Å². The van der Waals surface area contributed by atoms with Crippen LogP contribution in [0.15, 0.2) is 48.5 Å². The predicted octanol–water partition coefficient (Wildman–Crippen LogP) is 4.09. The molecule has 0 fully saturated rings. The van der Waals surface area contributed by atoms with Crippen LogP contribution < -0.4 is 16.0 Å². The number of anilines is 1. The fourth-order valence-corrected chi connectivity index (χ4v) is 6.52. The predicted molar refractivity (Wildman–Crippen MR) is 145 cm³/mol. The summed E-state index contributed by atoms with van der Waals surface area (Å²) >= 11 is 0. The molecule has 192 valence electrons. The number of phenols is 2. The molecule has 1 amide bonds. The van der Waals surface area contributed by atoms with Gasteiger partial charge in [0.05, 0.1) is 12.1 Å². The van der Waals surface area contributed by atoms with Crippen molar-refractivity contribution in [2.24, 2.45) is 5.92 Å². The van der Waals surface area contributed by atoms with E-state index in [0.717, 1.165) is 55.5 Å². The molecule has 3 aromatic carbocycles. The highest BCUT2D eigenvalue weighted by Gasteiger charge is 2.29. The Labute approximate surface area is 218 Å². The molecule has 0 saturated heterocycles. The summed E-state index contributed by atoms with van der Waals surface area (Å²) in [6.45, 7) is 3.55. The number of aryl methyl sites for hydroxylation is 1. The summed E-state index contributed by atoms with van der Waals surface area (Å²) in [6.07, 6.45) is 5.30. The van der Waals surface area contributed by atoms with Crippen molar-refractivity contribution in [3.05, 3.63) is 87.5 Å². The minimum atomic E-state index is -0.292. The Bertz CT molecular complexity index is 1350. The maximum atomic E-state index is 13.5. The number of carbonyl (C=O) groups excluding carboxylic acids is 1. The number of carbonyl (C=O) groups is 1. The molecule has 3 atom stereocenters. The first-order valence-corrected chi connectivity index (χ1v) is 13.5. The lowest BCUT2D eigenvalue weighted by molar-refractivity contribution is -0.123. The number of hydrogen-bond donors (Lipinski definition) is 5. The molecule has 0 spiro atoms. The van der Waals surface area contributed by atoms with E-state index in [2.05, 4.69) is 40.2 Å². The molecule has 6 rings (SSSR count). The van der Waals surface area contributed by atoms with Crippen molar-refractivity contribution in [1.29, 1.82) is 0 Å². The quantitative estimate of drug-likeness (QED) is 0.374. The smallest absolute Gasteiger partial charge is 0.237 e. The van der Waals surface area contributed by atoms with Gasteiger partial charge in [0.15, 0.2) is 0 Å². The second-order valence-electron chi connectivity index (χ2n) is 11.0. The van der Waals surface area contributed by atoms with Gasteiger partial charge >= 0.3 is 0 Å². The van der Waals surface area contributed by atoms with Crippen LogP contribution in [0.3, 0.4) is 0 Å². The van der Waals surface area contributed by atoms with Crippen LogP contribution in [0.2, 0.25) is 0 Å². The summed E-state index contributed by atoms with van der Waals surface area (Å²) in [7, 11) is 0. The van der Waals surface area contributed by atoms with Crippen LogP contribution in [0.5, 0.6) is 11.5 Å². The lowest BCUT2D eigenvalue weighted by Crippen LogP contribution is -2.47. The molecule has 0 aromatic heterocycles. The molecule has 3 unspecified atom stereocenters.